The molecule has 1 aromatic carbocycles. The molecule has 26 heavy (non-hydrogen) atoms. The molecule has 2 aromatic heterocycles. The molecule has 0 atom stereocenters. The number of aromatic nitrogens is 2. The molecule has 9 heteroatoms. The Morgan fingerprint density at radius 2 is 1.88 bits per heavy atom. The first kappa shape index (κ1) is 18.2. The number of carbonyl (C=O) groups is 1. The van der Waals surface area contributed by atoms with Crippen molar-refractivity contribution in [1.29, 1.82) is 0 Å². The minimum absolute atomic E-state index is 0.000106. The Morgan fingerprint density at radius 1 is 1.15 bits per heavy atom. The maximum atomic E-state index is 12.5. The van der Waals surface area contributed by atoms with Crippen LogP contribution in [0.3, 0.4) is 0 Å². The number of carbonyl (C=O) groups excluding carboxylic acids is 1. The van der Waals surface area contributed by atoms with Gasteiger partial charge in [-0.15, -0.1) is 0 Å². The second-order valence-electron chi connectivity index (χ2n) is 5.20. The summed E-state index contributed by atoms with van der Waals surface area (Å²) >= 11 is 1.52. The number of methoxy groups -OCH3 is 1. The molecule has 0 aliphatic heterocycles. The van der Waals surface area contributed by atoms with Crippen LogP contribution in [0.15, 0.2) is 58.4 Å². The molecule has 0 saturated heterocycles. The third-order valence-corrected chi connectivity index (χ3v) is 5.68. The second-order valence-corrected chi connectivity index (χ2v) is 7.75. The van der Waals surface area contributed by atoms with Crippen LogP contribution in [0.25, 0.3) is 11.3 Å². The van der Waals surface area contributed by atoms with Gasteiger partial charge < -0.3 is 4.74 Å². The lowest BCUT2D eigenvalue weighted by Crippen LogP contribution is -2.24. The van der Waals surface area contributed by atoms with Gasteiger partial charge in [-0.1, -0.05) is 0 Å². The smallest absolute Gasteiger partial charge is 0.337 e. The van der Waals surface area contributed by atoms with E-state index in [0.29, 0.717) is 11.4 Å². The third kappa shape index (κ3) is 3.96. The Kier molecular flexibility index (Phi) is 5.40. The van der Waals surface area contributed by atoms with Crippen LogP contribution in [0.4, 0.5) is 0 Å². The van der Waals surface area contributed by atoms with Crippen molar-refractivity contribution in [3.8, 4) is 11.3 Å². The summed E-state index contributed by atoms with van der Waals surface area (Å²) in [6.07, 6.45) is 3.08. The summed E-state index contributed by atoms with van der Waals surface area (Å²) in [4.78, 5) is 20.0. The largest absolute Gasteiger partial charge is 0.465 e. The average Bonchev–Trinajstić information content (AvgIpc) is 3.21. The van der Waals surface area contributed by atoms with E-state index in [2.05, 4.69) is 19.4 Å². The summed E-state index contributed by atoms with van der Waals surface area (Å²) in [7, 11) is -2.50. The molecule has 0 fully saturated rings. The van der Waals surface area contributed by atoms with Crippen LogP contribution in [0.2, 0.25) is 0 Å². The van der Waals surface area contributed by atoms with Crippen LogP contribution in [0, 0.1) is 0 Å². The predicted octanol–water partition coefficient (Wildman–Crippen LogP) is 2.47. The van der Waals surface area contributed by atoms with E-state index in [1.807, 2.05) is 16.8 Å². The van der Waals surface area contributed by atoms with Crippen LogP contribution in [-0.2, 0) is 21.3 Å². The van der Waals surface area contributed by atoms with Gasteiger partial charge in [0.1, 0.15) is 0 Å². The van der Waals surface area contributed by atoms with Gasteiger partial charge in [0.2, 0.25) is 10.0 Å². The summed E-state index contributed by atoms with van der Waals surface area (Å²) < 4.78 is 32.1. The lowest BCUT2D eigenvalue weighted by atomic mass is 10.2. The molecular formula is C17H15N3O4S2. The van der Waals surface area contributed by atoms with Gasteiger partial charge in [-0.05, 0) is 35.7 Å². The van der Waals surface area contributed by atoms with Crippen LogP contribution in [0.5, 0.6) is 0 Å². The Balaban J connectivity index is 1.78. The zero-order valence-corrected chi connectivity index (χ0v) is 15.4. The first-order valence-electron chi connectivity index (χ1n) is 7.52. The summed E-state index contributed by atoms with van der Waals surface area (Å²) in [5, 5.41) is 3.84. The maximum Gasteiger partial charge on any atom is 0.337 e. The van der Waals surface area contributed by atoms with E-state index in [1.165, 1.54) is 48.9 Å². The molecule has 0 bridgehead atoms. The molecule has 0 unspecified atom stereocenters. The number of ether oxygens (including phenoxy) is 1. The van der Waals surface area contributed by atoms with Crippen molar-refractivity contribution in [2.45, 2.75) is 11.4 Å². The highest BCUT2D eigenvalue weighted by molar-refractivity contribution is 7.89. The summed E-state index contributed by atoms with van der Waals surface area (Å²) in [6, 6.07) is 7.41. The van der Waals surface area contributed by atoms with Crippen molar-refractivity contribution < 1.29 is 17.9 Å². The van der Waals surface area contributed by atoms with Crippen LogP contribution in [-0.4, -0.2) is 31.5 Å². The standard InChI is InChI=1S/C17H15N3O4S2/c1-24-17(21)12-2-4-14(5-3-12)26(22,23)20-10-15-16(19-8-7-18-15)13-6-9-25-11-13/h2-9,11,20H,10H2,1H3. The highest BCUT2D eigenvalue weighted by Gasteiger charge is 2.17. The van der Waals surface area contributed by atoms with Gasteiger partial charge >= 0.3 is 5.97 Å². The SMILES string of the molecule is COC(=O)c1ccc(S(=O)(=O)NCc2nccnc2-c2ccsc2)cc1. The van der Waals surface area contributed by atoms with Crippen molar-refractivity contribution in [2.24, 2.45) is 0 Å². The lowest BCUT2D eigenvalue weighted by Gasteiger charge is -2.09. The van der Waals surface area contributed by atoms with E-state index >= 15 is 0 Å². The van der Waals surface area contributed by atoms with Gasteiger partial charge in [0.15, 0.2) is 0 Å². The van der Waals surface area contributed by atoms with Gasteiger partial charge in [0.05, 0.1) is 35.5 Å². The van der Waals surface area contributed by atoms with E-state index in [9.17, 15) is 13.2 Å². The first-order chi connectivity index (χ1) is 12.5. The fourth-order valence-corrected chi connectivity index (χ4v) is 3.90. The van der Waals surface area contributed by atoms with Gasteiger partial charge in [0.25, 0.3) is 0 Å². The van der Waals surface area contributed by atoms with E-state index in [1.54, 1.807) is 6.20 Å². The van der Waals surface area contributed by atoms with E-state index in [-0.39, 0.29) is 17.0 Å². The topological polar surface area (TPSA) is 98.2 Å². The molecule has 2 heterocycles. The molecule has 7 nitrogen and oxygen atoms in total. The number of esters is 1. The van der Waals surface area contributed by atoms with E-state index in [4.69, 9.17) is 0 Å². The van der Waals surface area contributed by atoms with Crippen LogP contribution in [0.1, 0.15) is 16.1 Å². The fourth-order valence-electron chi connectivity index (χ4n) is 2.27. The number of hydrogen-bond acceptors (Lipinski definition) is 7. The summed E-state index contributed by atoms with van der Waals surface area (Å²) in [5.41, 5.74) is 2.33. The molecule has 3 aromatic rings. The number of thiophene rings is 1. The quantitative estimate of drug-likeness (QED) is 0.651. The van der Waals surface area contributed by atoms with Gasteiger partial charge in [-0.25, -0.2) is 17.9 Å². The van der Waals surface area contributed by atoms with Crippen LogP contribution < -0.4 is 4.72 Å². The van der Waals surface area contributed by atoms with Crippen molar-refractivity contribution >= 4 is 27.3 Å². The number of nitrogens with zero attached hydrogens (tertiary/aromatic N) is 2. The zero-order chi connectivity index (χ0) is 18.6. The number of rotatable bonds is 6. The number of sulfonamides is 1. The summed E-state index contributed by atoms with van der Waals surface area (Å²) in [6.45, 7) is 0.000106. The lowest BCUT2D eigenvalue weighted by molar-refractivity contribution is 0.0600. The Hall–Kier alpha value is -2.62. The molecular weight excluding hydrogens is 374 g/mol. The van der Waals surface area contributed by atoms with Crippen molar-refractivity contribution in [3.05, 3.63) is 64.7 Å². The normalized spacial score (nSPS) is 11.3. The highest BCUT2D eigenvalue weighted by atomic mass is 32.2. The minimum atomic E-state index is -3.76. The molecule has 134 valence electrons. The van der Waals surface area contributed by atoms with Crippen molar-refractivity contribution in [1.82, 2.24) is 14.7 Å². The minimum Gasteiger partial charge on any atom is -0.465 e. The van der Waals surface area contributed by atoms with E-state index < -0.39 is 16.0 Å². The number of benzene rings is 1. The Bertz CT molecular complexity index is 1000. The molecule has 0 saturated carbocycles. The first-order valence-corrected chi connectivity index (χ1v) is 9.94. The molecule has 0 amide bonds. The zero-order valence-electron chi connectivity index (χ0n) is 13.7. The molecule has 0 radical (unpaired) electrons. The van der Waals surface area contributed by atoms with Gasteiger partial charge in [0, 0.05) is 23.3 Å². The molecule has 0 aliphatic rings. The number of nitrogens with one attached hydrogen (secondary N) is 1. The second kappa shape index (κ2) is 7.73. The predicted molar refractivity (Wildman–Crippen MR) is 97.2 cm³/mol. The fraction of sp³-hybridized carbons (Fsp3) is 0.118. The third-order valence-electron chi connectivity index (χ3n) is 3.58. The van der Waals surface area contributed by atoms with Gasteiger partial charge in [-0.3, -0.25) is 9.97 Å². The van der Waals surface area contributed by atoms with Crippen molar-refractivity contribution in [3.63, 3.8) is 0 Å². The maximum absolute atomic E-state index is 12.5. The number of hydrogen-bond donors (Lipinski definition) is 1. The Morgan fingerprint density at radius 3 is 2.54 bits per heavy atom. The van der Waals surface area contributed by atoms with Crippen molar-refractivity contribution in [2.75, 3.05) is 7.11 Å². The molecule has 3 rings (SSSR count). The molecule has 0 spiro atoms. The highest BCUT2D eigenvalue weighted by Crippen LogP contribution is 2.22. The van der Waals surface area contributed by atoms with Gasteiger partial charge in [-0.2, -0.15) is 11.3 Å². The molecule has 1 N–H and O–H groups in total. The van der Waals surface area contributed by atoms with E-state index in [0.717, 1.165) is 5.56 Å². The monoisotopic (exact) mass is 389 g/mol. The molecule has 0 aliphatic carbocycles. The van der Waals surface area contributed by atoms with Crippen LogP contribution >= 0.6 is 11.3 Å². The Labute approximate surface area is 154 Å². The average molecular weight is 389 g/mol. The summed E-state index contributed by atoms with van der Waals surface area (Å²) in [5.74, 6) is -0.526.